The molecule has 0 amide bonds. The first-order valence-electron chi connectivity index (χ1n) is 8.25. The molecule has 3 rings (SSSR count). The van der Waals surface area contributed by atoms with E-state index in [1.165, 1.54) is 5.56 Å². The zero-order chi connectivity index (χ0) is 17.3. The fourth-order valence-corrected chi connectivity index (χ4v) is 3.72. The quantitative estimate of drug-likeness (QED) is 0.738. The summed E-state index contributed by atoms with van der Waals surface area (Å²) in [4.78, 5) is 8.50. The lowest BCUT2D eigenvalue weighted by molar-refractivity contribution is 0.226. The number of aromatic nitrogens is 2. The molecule has 4 N–H and O–H groups in total. The molecule has 1 aliphatic rings. The standard InChI is InChI=1S/C18H23ClN4O/c1-10-3-5-13(6-4-10)15-16(19)22-18(20)23-17(15)21-14-8-12(9-24)7-11(14)2/h3-6,11-12,14,24H,7-9H2,1-2H3,(H3,20,21,22,23)/t11-,12-,14?/m1/s1. The first-order chi connectivity index (χ1) is 11.5. The highest BCUT2D eigenvalue weighted by Gasteiger charge is 2.32. The molecule has 1 saturated carbocycles. The van der Waals surface area contributed by atoms with Gasteiger partial charge in [0, 0.05) is 12.6 Å². The van der Waals surface area contributed by atoms with E-state index in [4.69, 9.17) is 17.3 Å². The Balaban J connectivity index is 1.96. The monoisotopic (exact) mass is 346 g/mol. The molecule has 24 heavy (non-hydrogen) atoms. The van der Waals surface area contributed by atoms with E-state index in [2.05, 4.69) is 22.2 Å². The predicted octanol–water partition coefficient (Wildman–Crippen LogP) is 3.51. The van der Waals surface area contributed by atoms with Gasteiger partial charge in [0.1, 0.15) is 11.0 Å². The zero-order valence-corrected chi connectivity index (χ0v) is 14.7. The summed E-state index contributed by atoms with van der Waals surface area (Å²) in [6.07, 6.45) is 1.91. The molecule has 1 aromatic heterocycles. The Hall–Kier alpha value is -1.85. The fraction of sp³-hybridized carbons (Fsp3) is 0.444. The van der Waals surface area contributed by atoms with Crippen LogP contribution >= 0.6 is 11.6 Å². The van der Waals surface area contributed by atoms with E-state index in [1.807, 2.05) is 31.2 Å². The van der Waals surface area contributed by atoms with Crippen molar-refractivity contribution in [3.8, 4) is 11.1 Å². The molecule has 0 saturated heterocycles. The minimum atomic E-state index is 0.155. The van der Waals surface area contributed by atoms with Gasteiger partial charge in [-0.25, -0.2) is 4.98 Å². The molecule has 1 aromatic carbocycles. The largest absolute Gasteiger partial charge is 0.396 e. The summed E-state index contributed by atoms with van der Waals surface area (Å²) in [5, 5.41) is 13.3. The van der Waals surface area contributed by atoms with Crippen LogP contribution in [0.2, 0.25) is 5.15 Å². The van der Waals surface area contributed by atoms with Crippen molar-refractivity contribution < 1.29 is 5.11 Å². The van der Waals surface area contributed by atoms with E-state index in [0.29, 0.717) is 22.8 Å². The van der Waals surface area contributed by atoms with Crippen LogP contribution in [0.3, 0.4) is 0 Å². The maximum Gasteiger partial charge on any atom is 0.223 e. The lowest BCUT2D eigenvalue weighted by atomic mass is 10.0. The van der Waals surface area contributed by atoms with Crippen molar-refractivity contribution in [2.45, 2.75) is 32.7 Å². The number of hydrogen-bond acceptors (Lipinski definition) is 5. The summed E-state index contributed by atoms with van der Waals surface area (Å²) < 4.78 is 0. The van der Waals surface area contributed by atoms with Gasteiger partial charge < -0.3 is 16.2 Å². The summed E-state index contributed by atoms with van der Waals surface area (Å²) in [5.74, 6) is 1.59. The molecule has 5 nitrogen and oxygen atoms in total. The maximum atomic E-state index is 9.42. The van der Waals surface area contributed by atoms with E-state index >= 15 is 0 Å². The highest BCUT2D eigenvalue weighted by molar-refractivity contribution is 6.32. The number of aliphatic hydroxyl groups excluding tert-OH is 1. The topological polar surface area (TPSA) is 84.1 Å². The SMILES string of the molecule is Cc1ccc(-c2c(Cl)nc(N)nc2NC2C[C@H](CO)C[C@H]2C)cc1. The first-order valence-corrected chi connectivity index (χ1v) is 8.63. The van der Waals surface area contributed by atoms with Gasteiger partial charge in [-0.3, -0.25) is 0 Å². The molecule has 1 heterocycles. The van der Waals surface area contributed by atoms with Gasteiger partial charge in [0.25, 0.3) is 0 Å². The van der Waals surface area contributed by atoms with Gasteiger partial charge in [-0.2, -0.15) is 4.98 Å². The molecule has 0 bridgehead atoms. The summed E-state index contributed by atoms with van der Waals surface area (Å²) in [6.45, 7) is 4.45. The van der Waals surface area contributed by atoms with Crippen molar-refractivity contribution >= 4 is 23.4 Å². The van der Waals surface area contributed by atoms with Gasteiger partial charge >= 0.3 is 0 Å². The van der Waals surface area contributed by atoms with Gasteiger partial charge in [-0.15, -0.1) is 0 Å². The molecule has 0 spiro atoms. The van der Waals surface area contributed by atoms with Gasteiger partial charge in [-0.05, 0) is 37.2 Å². The number of nitrogens with one attached hydrogen (secondary N) is 1. The zero-order valence-electron chi connectivity index (χ0n) is 14.0. The number of halogens is 1. The molecule has 1 aliphatic carbocycles. The minimum absolute atomic E-state index is 0.155. The number of nitrogen functional groups attached to an aromatic ring is 1. The van der Waals surface area contributed by atoms with Crippen molar-refractivity contribution in [1.29, 1.82) is 0 Å². The highest BCUT2D eigenvalue weighted by Crippen LogP contribution is 2.37. The van der Waals surface area contributed by atoms with Crippen LogP contribution in [0.25, 0.3) is 11.1 Å². The van der Waals surface area contributed by atoms with Crippen molar-refractivity contribution in [3.05, 3.63) is 35.0 Å². The third kappa shape index (κ3) is 3.47. The molecule has 1 fully saturated rings. The van der Waals surface area contributed by atoms with Crippen molar-refractivity contribution in [3.63, 3.8) is 0 Å². The Bertz CT molecular complexity index is 720. The van der Waals surface area contributed by atoms with Crippen molar-refractivity contribution in [2.24, 2.45) is 11.8 Å². The number of anilines is 2. The third-order valence-electron chi connectivity index (χ3n) is 4.78. The van der Waals surface area contributed by atoms with E-state index in [1.54, 1.807) is 0 Å². The molecule has 3 atom stereocenters. The lowest BCUT2D eigenvalue weighted by Crippen LogP contribution is -2.23. The van der Waals surface area contributed by atoms with Crippen LogP contribution in [0.1, 0.15) is 25.3 Å². The third-order valence-corrected chi connectivity index (χ3v) is 5.06. The maximum absolute atomic E-state index is 9.42. The summed E-state index contributed by atoms with van der Waals surface area (Å²) in [7, 11) is 0. The van der Waals surface area contributed by atoms with Crippen LogP contribution in [0, 0.1) is 18.8 Å². The smallest absolute Gasteiger partial charge is 0.223 e. The summed E-state index contributed by atoms with van der Waals surface area (Å²) in [6, 6.07) is 8.32. The van der Waals surface area contributed by atoms with Crippen LogP contribution in [0.4, 0.5) is 11.8 Å². The molecule has 1 unspecified atom stereocenters. The van der Waals surface area contributed by atoms with Crippen LogP contribution in [0.15, 0.2) is 24.3 Å². The molecule has 0 aliphatic heterocycles. The van der Waals surface area contributed by atoms with Gasteiger partial charge in [0.05, 0.1) is 5.56 Å². The van der Waals surface area contributed by atoms with Gasteiger partial charge in [0.2, 0.25) is 5.95 Å². The molecular formula is C18H23ClN4O. The van der Waals surface area contributed by atoms with Crippen molar-refractivity contribution in [1.82, 2.24) is 9.97 Å². The second-order valence-electron chi connectivity index (χ2n) is 6.71. The average molecular weight is 347 g/mol. The first kappa shape index (κ1) is 17.0. The highest BCUT2D eigenvalue weighted by atomic mass is 35.5. The van der Waals surface area contributed by atoms with E-state index < -0.39 is 0 Å². The van der Waals surface area contributed by atoms with Crippen molar-refractivity contribution in [2.75, 3.05) is 17.7 Å². The number of benzene rings is 1. The number of aryl methyl sites for hydroxylation is 1. The van der Waals surface area contributed by atoms with Crippen LogP contribution in [-0.2, 0) is 0 Å². The van der Waals surface area contributed by atoms with Gasteiger partial charge in [-0.1, -0.05) is 48.4 Å². The molecular weight excluding hydrogens is 324 g/mol. The number of hydrogen-bond donors (Lipinski definition) is 3. The lowest BCUT2D eigenvalue weighted by Gasteiger charge is -2.21. The second kappa shape index (κ2) is 6.95. The number of rotatable bonds is 4. The molecule has 0 radical (unpaired) electrons. The fourth-order valence-electron chi connectivity index (χ4n) is 3.43. The molecule has 6 heteroatoms. The van der Waals surface area contributed by atoms with E-state index in [-0.39, 0.29) is 18.6 Å². The summed E-state index contributed by atoms with van der Waals surface area (Å²) >= 11 is 6.38. The molecule has 2 aromatic rings. The Morgan fingerprint density at radius 1 is 1.25 bits per heavy atom. The summed E-state index contributed by atoms with van der Waals surface area (Å²) in [5.41, 5.74) is 8.71. The van der Waals surface area contributed by atoms with Crippen LogP contribution < -0.4 is 11.1 Å². The Morgan fingerprint density at radius 3 is 2.58 bits per heavy atom. The number of nitrogens with two attached hydrogens (primary N) is 1. The van der Waals surface area contributed by atoms with Crippen LogP contribution in [-0.4, -0.2) is 27.7 Å². The van der Waals surface area contributed by atoms with Gasteiger partial charge in [0.15, 0.2) is 0 Å². The normalized spacial score (nSPS) is 23.4. The Morgan fingerprint density at radius 2 is 1.96 bits per heavy atom. The second-order valence-corrected chi connectivity index (χ2v) is 7.07. The number of nitrogens with zero attached hydrogens (tertiary/aromatic N) is 2. The van der Waals surface area contributed by atoms with E-state index in [9.17, 15) is 5.11 Å². The predicted molar refractivity (Wildman–Crippen MR) is 98.0 cm³/mol. The Labute approximate surface area is 147 Å². The van der Waals surface area contributed by atoms with E-state index in [0.717, 1.165) is 24.0 Å². The molecule has 128 valence electrons. The average Bonchev–Trinajstić information content (AvgIpc) is 2.88. The van der Waals surface area contributed by atoms with Crippen LogP contribution in [0.5, 0.6) is 0 Å². The minimum Gasteiger partial charge on any atom is -0.396 e. The number of aliphatic hydroxyl groups is 1. The Kier molecular flexibility index (Phi) is 4.92.